The minimum atomic E-state index is -1.14. The van der Waals surface area contributed by atoms with Gasteiger partial charge < -0.3 is 15.0 Å². The summed E-state index contributed by atoms with van der Waals surface area (Å²) in [6.07, 6.45) is 2.79. The lowest BCUT2D eigenvalue weighted by molar-refractivity contribution is -0.121. The molecule has 7 nitrogen and oxygen atoms in total. The van der Waals surface area contributed by atoms with Crippen molar-refractivity contribution >= 4 is 11.9 Å². The fourth-order valence-corrected chi connectivity index (χ4v) is 1.04. The number of amides is 1. The number of carbonyl (C=O) groups is 2. The Bertz CT molecular complexity index is 432. The Labute approximate surface area is 91.3 Å². The lowest BCUT2D eigenvalue weighted by Gasteiger charge is -2.02. The number of carboxylic acid groups (broad SMARTS) is 1. The maximum Gasteiger partial charge on any atom is 0.356 e. The molecule has 7 heteroatoms. The summed E-state index contributed by atoms with van der Waals surface area (Å²) in [5.74, 6) is -1.42. The Morgan fingerprint density at radius 2 is 2.38 bits per heavy atom. The number of aromatic carboxylic acids is 1. The molecule has 0 aromatic carbocycles. The zero-order valence-electron chi connectivity index (χ0n) is 8.38. The Kier molecular flexibility index (Phi) is 4.03. The van der Waals surface area contributed by atoms with E-state index in [1.54, 1.807) is 0 Å². The normalized spacial score (nSPS) is 9.44. The third-order valence-corrected chi connectivity index (χ3v) is 1.74. The fraction of sp³-hybridized carbons (Fsp3) is 0.333. The number of rotatable bonds is 5. The Hall–Kier alpha value is -2.36. The summed E-state index contributed by atoms with van der Waals surface area (Å²) in [5, 5.41) is 19.4. The predicted octanol–water partition coefficient (Wildman–Crippen LogP) is -0.389. The maximum absolute atomic E-state index is 11.2. The van der Waals surface area contributed by atoms with E-state index >= 15 is 0 Å². The molecule has 1 heterocycles. The van der Waals surface area contributed by atoms with E-state index < -0.39 is 5.97 Å². The number of nitrogens with one attached hydrogen (secondary N) is 1. The average molecular weight is 222 g/mol. The van der Waals surface area contributed by atoms with Crippen LogP contribution in [-0.2, 0) is 11.3 Å². The second-order valence-corrected chi connectivity index (χ2v) is 2.99. The minimum absolute atomic E-state index is 0.00823. The number of nitrogens with zero attached hydrogens (tertiary/aromatic N) is 3. The average Bonchev–Trinajstić information content (AvgIpc) is 2.66. The van der Waals surface area contributed by atoms with Gasteiger partial charge in [0.05, 0.1) is 18.8 Å². The van der Waals surface area contributed by atoms with Crippen LogP contribution in [-0.4, -0.2) is 33.1 Å². The number of hydrogen-bond acceptors (Lipinski definition) is 4. The third kappa shape index (κ3) is 3.42. The van der Waals surface area contributed by atoms with Crippen LogP contribution in [0.15, 0.2) is 12.5 Å². The van der Waals surface area contributed by atoms with E-state index in [1.165, 1.54) is 17.1 Å². The van der Waals surface area contributed by atoms with E-state index in [0.29, 0.717) is 0 Å². The zero-order chi connectivity index (χ0) is 12.0. The molecule has 0 unspecified atom stereocenters. The van der Waals surface area contributed by atoms with Crippen LogP contribution in [0.5, 0.6) is 0 Å². The highest BCUT2D eigenvalue weighted by Gasteiger charge is 2.08. The summed E-state index contributed by atoms with van der Waals surface area (Å²) >= 11 is 0. The SMILES string of the molecule is N#CCCNC(=O)Cn1cnc(C(=O)O)c1. The standard InChI is InChI=1S/C9H10N4O3/c10-2-1-3-11-8(14)5-13-4-7(9(15)16)12-6-13/h4,6H,1,3,5H2,(H,11,14)(H,15,16). The Morgan fingerprint density at radius 1 is 1.62 bits per heavy atom. The van der Waals surface area contributed by atoms with Crippen molar-refractivity contribution in [2.75, 3.05) is 6.54 Å². The molecule has 0 fully saturated rings. The number of hydrogen-bond donors (Lipinski definition) is 2. The largest absolute Gasteiger partial charge is 0.476 e. The van der Waals surface area contributed by atoms with Gasteiger partial charge in [-0.25, -0.2) is 9.78 Å². The van der Waals surface area contributed by atoms with Gasteiger partial charge in [-0.15, -0.1) is 0 Å². The van der Waals surface area contributed by atoms with Gasteiger partial charge in [-0.05, 0) is 0 Å². The van der Waals surface area contributed by atoms with Gasteiger partial charge in [-0.2, -0.15) is 5.26 Å². The van der Waals surface area contributed by atoms with Crippen molar-refractivity contribution in [3.63, 3.8) is 0 Å². The maximum atomic E-state index is 11.2. The number of imidazole rings is 1. The van der Waals surface area contributed by atoms with E-state index in [9.17, 15) is 9.59 Å². The molecular weight excluding hydrogens is 212 g/mol. The summed E-state index contributed by atoms with van der Waals surface area (Å²) in [5.41, 5.74) is -0.107. The van der Waals surface area contributed by atoms with Gasteiger partial charge in [0.2, 0.25) is 5.91 Å². The highest BCUT2D eigenvalue weighted by atomic mass is 16.4. The highest BCUT2D eigenvalue weighted by Crippen LogP contribution is 1.95. The van der Waals surface area contributed by atoms with Crippen LogP contribution < -0.4 is 5.32 Å². The third-order valence-electron chi connectivity index (χ3n) is 1.74. The summed E-state index contributed by atoms with van der Waals surface area (Å²) in [7, 11) is 0. The summed E-state index contributed by atoms with van der Waals surface area (Å²) < 4.78 is 1.37. The van der Waals surface area contributed by atoms with Crippen molar-refractivity contribution in [2.45, 2.75) is 13.0 Å². The van der Waals surface area contributed by atoms with Crippen molar-refractivity contribution < 1.29 is 14.7 Å². The predicted molar refractivity (Wildman–Crippen MR) is 52.4 cm³/mol. The first-order valence-corrected chi connectivity index (χ1v) is 4.52. The molecule has 2 N–H and O–H groups in total. The molecule has 0 saturated heterocycles. The van der Waals surface area contributed by atoms with E-state index in [-0.39, 0.29) is 31.1 Å². The summed E-state index contributed by atoms with van der Waals surface area (Å²) in [6, 6.07) is 1.89. The monoisotopic (exact) mass is 222 g/mol. The van der Waals surface area contributed by atoms with Gasteiger partial charge in [-0.3, -0.25) is 4.79 Å². The number of aromatic nitrogens is 2. The van der Waals surface area contributed by atoms with Gasteiger partial charge in [0.15, 0.2) is 5.69 Å². The molecule has 1 amide bonds. The van der Waals surface area contributed by atoms with Crippen LogP contribution in [0.1, 0.15) is 16.9 Å². The molecule has 84 valence electrons. The molecule has 0 radical (unpaired) electrons. The molecule has 0 spiro atoms. The molecule has 0 saturated carbocycles. The lowest BCUT2D eigenvalue weighted by atomic mass is 10.4. The Balaban J connectivity index is 2.44. The molecule has 0 aliphatic heterocycles. The number of carbonyl (C=O) groups excluding carboxylic acids is 1. The molecule has 1 aromatic heterocycles. The minimum Gasteiger partial charge on any atom is -0.476 e. The van der Waals surface area contributed by atoms with Gasteiger partial charge in [0.1, 0.15) is 6.54 Å². The van der Waals surface area contributed by atoms with Crippen LogP contribution in [0.25, 0.3) is 0 Å². The molecule has 16 heavy (non-hydrogen) atoms. The van der Waals surface area contributed by atoms with Crippen molar-refractivity contribution in [1.82, 2.24) is 14.9 Å². The fourth-order valence-electron chi connectivity index (χ4n) is 1.04. The van der Waals surface area contributed by atoms with Crippen molar-refractivity contribution in [3.05, 3.63) is 18.2 Å². The van der Waals surface area contributed by atoms with E-state index in [2.05, 4.69) is 10.3 Å². The summed E-state index contributed by atoms with van der Waals surface area (Å²) in [6.45, 7) is 0.279. The van der Waals surface area contributed by atoms with E-state index in [4.69, 9.17) is 10.4 Å². The van der Waals surface area contributed by atoms with E-state index in [0.717, 1.165) is 0 Å². The van der Waals surface area contributed by atoms with Crippen LogP contribution >= 0.6 is 0 Å². The van der Waals surface area contributed by atoms with Gasteiger partial charge in [0, 0.05) is 12.7 Å². The molecule has 0 aliphatic carbocycles. The molecule has 1 aromatic rings. The second kappa shape index (κ2) is 5.50. The molecule has 0 atom stereocenters. The zero-order valence-corrected chi connectivity index (χ0v) is 8.38. The lowest BCUT2D eigenvalue weighted by Crippen LogP contribution is -2.27. The first-order chi connectivity index (χ1) is 7.63. The van der Waals surface area contributed by atoms with Gasteiger partial charge >= 0.3 is 5.97 Å². The summed E-state index contributed by atoms with van der Waals surface area (Å²) in [4.78, 5) is 25.3. The van der Waals surface area contributed by atoms with Crippen LogP contribution in [0.2, 0.25) is 0 Å². The molecule has 0 bridgehead atoms. The number of carboxylic acids is 1. The van der Waals surface area contributed by atoms with Gasteiger partial charge in [0.25, 0.3) is 0 Å². The van der Waals surface area contributed by atoms with Crippen LogP contribution in [0.4, 0.5) is 0 Å². The highest BCUT2D eigenvalue weighted by molar-refractivity contribution is 5.85. The van der Waals surface area contributed by atoms with E-state index in [1.807, 2.05) is 6.07 Å². The quantitative estimate of drug-likeness (QED) is 0.659. The topological polar surface area (TPSA) is 108 Å². The van der Waals surface area contributed by atoms with Crippen molar-refractivity contribution in [2.24, 2.45) is 0 Å². The second-order valence-electron chi connectivity index (χ2n) is 2.99. The Morgan fingerprint density at radius 3 is 2.94 bits per heavy atom. The molecular formula is C9H10N4O3. The number of nitriles is 1. The molecule has 1 rings (SSSR count). The van der Waals surface area contributed by atoms with Crippen LogP contribution in [0, 0.1) is 11.3 Å². The molecule has 0 aliphatic rings. The van der Waals surface area contributed by atoms with Crippen molar-refractivity contribution in [3.8, 4) is 6.07 Å². The van der Waals surface area contributed by atoms with Crippen molar-refractivity contribution in [1.29, 1.82) is 5.26 Å². The van der Waals surface area contributed by atoms with Gasteiger partial charge in [-0.1, -0.05) is 0 Å². The first-order valence-electron chi connectivity index (χ1n) is 4.52. The smallest absolute Gasteiger partial charge is 0.356 e. The van der Waals surface area contributed by atoms with Crippen LogP contribution in [0.3, 0.4) is 0 Å². The first kappa shape index (κ1) is 11.7.